The molecular formula is C25H23F2N3O4. The van der Waals surface area contributed by atoms with Gasteiger partial charge in [0.05, 0.1) is 0 Å². The lowest BCUT2D eigenvalue weighted by Gasteiger charge is -2.23. The molecule has 1 fully saturated rings. The number of imide groups is 1. The molecule has 7 nitrogen and oxygen atoms in total. The number of alkyl halides is 2. The third-order valence-electron chi connectivity index (χ3n) is 5.89. The normalized spacial score (nSPS) is 17.9. The van der Waals surface area contributed by atoms with E-state index in [-0.39, 0.29) is 12.3 Å². The van der Waals surface area contributed by atoms with Crippen LogP contribution in [0.4, 0.5) is 13.6 Å². The van der Waals surface area contributed by atoms with Crippen LogP contribution in [-0.4, -0.2) is 47.8 Å². The average molecular weight is 467 g/mol. The summed E-state index contributed by atoms with van der Waals surface area (Å²) < 4.78 is 28.9. The van der Waals surface area contributed by atoms with E-state index >= 15 is 0 Å². The van der Waals surface area contributed by atoms with Gasteiger partial charge in [-0.2, -0.15) is 8.78 Å². The summed E-state index contributed by atoms with van der Waals surface area (Å²) in [5, 5.41) is 4.66. The molecule has 1 heterocycles. The molecule has 1 aliphatic rings. The second-order valence-electron chi connectivity index (χ2n) is 8.28. The Hall–Kier alpha value is -4.01. The van der Waals surface area contributed by atoms with Gasteiger partial charge in [-0.1, -0.05) is 48.5 Å². The zero-order valence-electron chi connectivity index (χ0n) is 18.6. The van der Waals surface area contributed by atoms with Gasteiger partial charge in [0.25, 0.3) is 5.91 Å². The molecule has 1 N–H and O–H groups in total. The minimum Gasteiger partial charge on any atom is -0.435 e. The number of hydrogen-bond donors (Lipinski definition) is 1. The van der Waals surface area contributed by atoms with Crippen LogP contribution in [-0.2, 0) is 21.7 Å². The number of amides is 4. The van der Waals surface area contributed by atoms with Gasteiger partial charge in [-0.05, 0) is 47.0 Å². The van der Waals surface area contributed by atoms with E-state index in [0.29, 0.717) is 11.1 Å². The molecule has 0 spiro atoms. The van der Waals surface area contributed by atoms with Crippen molar-refractivity contribution < 1.29 is 27.9 Å². The van der Waals surface area contributed by atoms with Crippen LogP contribution < -0.4 is 10.1 Å². The molecule has 0 bridgehead atoms. The van der Waals surface area contributed by atoms with Gasteiger partial charge in [-0.3, -0.25) is 14.5 Å². The van der Waals surface area contributed by atoms with E-state index in [2.05, 4.69) is 10.1 Å². The predicted octanol–water partition coefficient (Wildman–Crippen LogP) is 3.87. The maximum Gasteiger partial charge on any atom is 0.387 e. The average Bonchev–Trinajstić information content (AvgIpc) is 3.03. The fourth-order valence-corrected chi connectivity index (χ4v) is 3.93. The van der Waals surface area contributed by atoms with Gasteiger partial charge in [0.2, 0.25) is 5.91 Å². The summed E-state index contributed by atoms with van der Waals surface area (Å²) >= 11 is 0. The monoisotopic (exact) mass is 467 g/mol. The Balaban J connectivity index is 1.44. The first-order valence-electron chi connectivity index (χ1n) is 10.6. The minimum atomic E-state index is -2.92. The molecule has 4 rings (SSSR count). The lowest BCUT2D eigenvalue weighted by Crippen LogP contribution is -2.43. The summed E-state index contributed by atoms with van der Waals surface area (Å²) in [6, 6.07) is 18.5. The van der Waals surface area contributed by atoms with Crippen LogP contribution in [0.15, 0.2) is 66.7 Å². The van der Waals surface area contributed by atoms with Crippen LogP contribution in [0.1, 0.15) is 18.1 Å². The highest BCUT2D eigenvalue weighted by Gasteiger charge is 2.49. The largest absolute Gasteiger partial charge is 0.435 e. The highest BCUT2D eigenvalue weighted by atomic mass is 19.3. The van der Waals surface area contributed by atoms with Crippen molar-refractivity contribution in [3.63, 3.8) is 0 Å². The lowest BCUT2D eigenvalue weighted by atomic mass is 9.90. The Bertz CT molecular complexity index is 1250. The van der Waals surface area contributed by atoms with Gasteiger partial charge >= 0.3 is 12.6 Å². The van der Waals surface area contributed by atoms with E-state index < -0.39 is 36.5 Å². The van der Waals surface area contributed by atoms with Gasteiger partial charge in [0, 0.05) is 13.6 Å². The van der Waals surface area contributed by atoms with Gasteiger partial charge in [0.15, 0.2) is 0 Å². The van der Waals surface area contributed by atoms with E-state index in [1.54, 1.807) is 25.1 Å². The van der Waals surface area contributed by atoms with Crippen molar-refractivity contribution in [1.29, 1.82) is 0 Å². The predicted molar refractivity (Wildman–Crippen MR) is 121 cm³/mol. The highest BCUT2D eigenvalue weighted by molar-refractivity contribution is 6.09. The quantitative estimate of drug-likeness (QED) is 0.535. The van der Waals surface area contributed by atoms with E-state index in [1.807, 2.05) is 36.4 Å². The number of hydrogen-bond acceptors (Lipinski definition) is 4. The number of likely N-dealkylation sites (N-methyl/N-ethyl adjacent to an activating group) is 1. The first-order chi connectivity index (χ1) is 16.2. The minimum absolute atomic E-state index is 0.0139. The number of ether oxygens (including phenoxy) is 1. The van der Waals surface area contributed by atoms with Crippen molar-refractivity contribution >= 4 is 28.6 Å². The molecule has 1 aliphatic heterocycles. The fraction of sp³-hybridized carbons (Fsp3) is 0.240. The third kappa shape index (κ3) is 4.54. The van der Waals surface area contributed by atoms with Crippen molar-refractivity contribution in [3.8, 4) is 5.75 Å². The summed E-state index contributed by atoms with van der Waals surface area (Å²) in [6.45, 7) is -1.55. The Kier molecular flexibility index (Phi) is 6.19. The number of nitrogens with zero attached hydrogens (tertiary/aromatic N) is 2. The second-order valence-corrected chi connectivity index (χ2v) is 8.28. The molecule has 1 unspecified atom stereocenters. The zero-order chi connectivity index (χ0) is 24.5. The molecule has 0 radical (unpaired) electrons. The summed E-state index contributed by atoms with van der Waals surface area (Å²) in [4.78, 5) is 40.9. The number of carbonyl (C=O) groups excluding carboxylic acids is 3. The first-order valence-corrected chi connectivity index (χ1v) is 10.6. The smallest absolute Gasteiger partial charge is 0.387 e. The highest BCUT2D eigenvalue weighted by Crippen LogP contribution is 2.31. The van der Waals surface area contributed by atoms with Gasteiger partial charge in [0.1, 0.15) is 17.8 Å². The van der Waals surface area contributed by atoms with Crippen molar-refractivity contribution in [3.05, 3.63) is 77.9 Å². The number of fused-ring (bicyclic) bond motifs is 1. The van der Waals surface area contributed by atoms with Crippen LogP contribution in [0.5, 0.6) is 5.75 Å². The third-order valence-corrected chi connectivity index (χ3v) is 5.89. The van der Waals surface area contributed by atoms with Gasteiger partial charge < -0.3 is 15.0 Å². The maximum atomic E-state index is 13.2. The second kappa shape index (κ2) is 9.09. The molecule has 3 aromatic rings. The Labute approximate surface area is 194 Å². The number of rotatable bonds is 7. The number of urea groups is 1. The van der Waals surface area contributed by atoms with Crippen LogP contribution >= 0.6 is 0 Å². The van der Waals surface area contributed by atoms with Crippen LogP contribution in [0.25, 0.3) is 10.8 Å². The zero-order valence-corrected chi connectivity index (χ0v) is 18.6. The van der Waals surface area contributed by atoms with Gasteiger partial charge in [-0.15, -0.1) is 0 Å². The molecule has 0 aliphatic carbocycles. The van der Waals surface area contributed by atoms with Crippen molar-refractivity contribution in [2.24, 2.45) is 0 Å². The van der Waals surface area contributed by atoms with Crippen LogP contribution in [0, 0.1) is 0 Å². The molecule has 1 saturated heterocycles. The number of halogens is 2. The fourth-order valence-electron chi connectivity index (χ4n) is 3.93. The maximum absolute atomic E-state index is 13.2. The summed E-state index contributed by atoms with van der Waals surface area (Å²) in [6.07, 6.45) is 0. The number of nitrogens with one attached hydrogen (secondary N) is 1. The SMILES string of the molecule is CN(Cc1ccc(OC(F)F)cc1)C(=O)CN1C(=O)NC(C)(c2ccc3ccccc3c2)C1=O. The first kappa shape index (κ1) is 23.2. The lowest BCUT2D eigenvalue weighted by molar-refractivity contribution is -0.138. The standard InChI is InChI=1S/C25H23F2N3O4/c1-25(19-10-9-17-5-3-4-6-18(17)13-19)22(32)30(24(33)28-25)15-21(31)29(2)14-16-7-11-20(12-8-16)34-23(26)27/h3-13,23H,14-15H2,1-2H3,(H,28,33). The summed E-state index contributed by atoms with van der Waals surface area (Å²) in [5.74, 6) is -0.942. The molecule has 176 valence electrons. The topological polar surface area (TPSA) is 79.0 Å². The Morgan fingerprint density at radius 3 is 2.41 bits per heavy atom. The van der Waals surface area contributed by atoms with Crippen LogP contribution in [0.2, 0.25) is 0 Å². The van der Waals surface area contributed by atoms with Crippen LogP contribution in [0.3, 0.4) is 0 Å². The van der Waals surface area contributed by atoms with E-state index in [4.69, 9.17) is 0 Å². The van der Waals surface area contributed by atoms with E-state index in [9.17, 15) is 23.2 Å². The molecule has 9 heteroatoms. The Morgan fingerprint density at radius 1 is 1.06 bits per heavy atom. The van der Waals surface area contributed by atoms with Crippen molar-refractivity contribution in [1.82, 2.24) is 15.1 Å². The Morgan fingerprint density at radius 2 is 1.74 bits per heavy atom. The molecule has 4 amide bonds. The summed E-state index contributed by atoms with van der Waals surface area (Å²) in [7, 11) is 1.53. The molecular weight excluding hydrogens is 444 g/mol. The van der Waals surface area contributed by atoms with Crippen molar-refractivity contribution in [2.45, 2.75) is 25.6 Å². The van der Waals surface area contributed by atoms with Gasteiger partial charge in [-0.25, -0.2) is 4.79 Å². The van der Waals surface area contributed by atoms with Crippen molar-refractivity contribution in [2.75, 3.05) is 13.6 Å². The van der Waals surface area contributed by atoms with E-state index in [1.165, 1.54) is 24.1 Å². The molecule has 0 aromatic heterocycles. The number of benzene rings is 3. The molecule has 1 atom stereocenters. The number of carbonyl (C=O) groups is 3. The van der Waals surface area contributed by atoms with E-state index in [0.717, 1.165) is 15.7 Å². The summed E-state index contributed by atoms with van der Waals surface area (Å²) in [5.41, 5.74) is 0.00941. The molecule has 34 heavy (non-hydrogen) atoms. The molecule has 0 saturated carbocycles. The molecule has 3 aromatic carbocycles.